The quantitative estimate of drug-likeness (QED) is 0.0262. The van der Waals surface area contributed by atoms with Gasteiger partial charge in [-0.2, -0.15) is 0 Å². The molecular formula is C61H106O6. The number of ether oxygens (including phenoxy) is 3. The van der Waals surface area contributed by atoms with E-state index in [1.165, 1.54) is 148 Å². The molecule has 6 heteroatoms. The van der Waals surface area contributed by atoms with Gasteiger partial charge in [0, 0.05) is 19.3 Å². The van der Waals surface area contributed by atoms with Crippen molar-refractivity contribution in [2.45, 2.75) is 284 Å². The van der Waals surface area contributed by atoms with Gasteiger partial charge in [0.05, 0.1) is 0 Å². The van der Waals surface area contributed by atoms with E-state index in [0.29, 0.717) is 19.3 Å². The zero-order valence-electron chi connectivity index (χ0n) is 44.2. The summed E-state index contributed by atoms with van der Waals surface area (Å²) in [6, 6.07) is 0. The van der Waals surface area contributed by atoms with Gasteiger partial charge in [-0.15, -0.1) is 0 Å². The Morgan fingerprint density at radius 2 is 0.537 bits per heavy atom. The van der Waals surface area contributed by atoms with Crippen molar-refractivity contribution in [3.63, 3.8) is 0 Å². The monoisotopic (exact) mass is 935 g/mol. The highest BCUT2D eigenvalue weighted by Gasteiger charge is 2.19. The number of hydrogen-bond donors (Lipinski definition) is 0. The van der Waals surface area contributed by atoms with Gasteiger partial charge in [-0.05, 0) is 96.3 Å². The Morgan fingerprint density at radius 3 is 0.881 bits per heavy atom. The Bertz CT molecular complexity index is 1260. The van der Waals surface area contributed by atoms with Crippen LogP contribution in [0.5, 0.6) is 0 Å². The number of unbranched alkanes of at least 4 members (excludes halogenated alkanes) is 28. The van der Waals surface area contributed by atoms with E-state index in [2.05, 4.69) is 93.7 Å². The molecule has 0 spiro atoms. The number of carbonyl (C=O) groups is 3. The Kier molecular flexibility index (Phi) is 52.8. The van der Waals surface area contributed by atoms with Gasteiger partial charge < -0.3 is 14.2 Å². The van der Waals surface area contributed by atoms with Crippen LogP contribution in [-0.2, 0) is 28.6 Å². The van der Waals surface area contributed by atoms with Gasteiger partial charge in [0.2, 0.25) is 0 Å². The largest absolute Gasteiger partial charge is 0.462 e. The van der Waals surface area contributed by atoms with Crippen LogP contribution >= 0.6 is 0 Å². The lowest BCUT2D eigenvalue weighted by Gasteiger charge is -2.18. The van der Waals surface area contributed by atoms with Crippen molar-refractivity contribution in [1.29, 1.82) is 0 Å². The lowest BCUT2D eigenvalue weighted by Crippen LogP contribution is -2.30. The van der Waals surface area contributed by atoms with E-state index in [1.807, 2.05) is 0 Å². The topological polar surface area (TPSA) is 78.9 Å². The van der Waals surface area contributed by atoms with Gasteiger partial charge in [0.25, 0.3) is 0 Å². The van der Waals surface area contributed by atoms with Crippen LogP contribution in [0.15, 0.2) is 72.9 Å². The average molecular weight is 936 g/mol. The van der Waals surface area contributed by atoms with E-state index in [-0.39, 0.29) is 31.1 Å². The van der Waals surface area contributed by atoms with Crippen molar-refractivity contribution in [2.75, 3.05) is 13.2 Å². The van der Waals surface area contributed by atoms with E-state index in [9.17, 15) is 14.4 Å². The molecule has 386 valence electrons. The number of esters is 3. The third-order valence-corrected chi connectivity index (χ3v) is 12.2. The Morgan fingerprint density at radius 1 is 0.299 bits per heavy atom. The molecule has 0 bridgehead atoms. The highest BCUT2D eigenvalue weighted by molar-refractivity contribution is 5.71. The molecule has 0 heterocycles. The lowest BCUT2D eigenvalue weighted by molar-refractivity contribution is -0.167. The third-order valence-electron chi connectivity index (χ3n) is 12.2. The summed E-state index contributed by atoms with van der Waals surface area (Å²) in [5, 5.41) is 0. The smallest absolute Gasteiger partial charge is 0.306 e. The van der Waals surface area contributed by atoms with Crippen LogP contribution in [0.2, 0.25) is 0 Å². The van der Waals surface area contributed by atoms with Crippen LogP contribution in [-0.4, -0.2) is 37.2 Å². The van der Waals surface area contributed by atoms with Gasteiger partial charge in [0.1, 0.15) is 13.2 Å². The van der Waals surface area contributed by atoms with Crippen LogP contribution < -0.4 is 0 Å². The molecule has 0 amide bonds. The highest BCUT2D eigenvalue weighted by Crippen LogP contribution is 2.15. The predicted molar refractivity (Wildman–Crippen MR) is 288 cm³/mol. The molecule has 0 aromatic heterocycles. The molecule has 0 aliphatic rings. The molecule has 0 fully saturated rings. The van der Waals surface area contributed by atoms with Crippen molar-refractivity contribution < 1.29 is 28.6 Å². The van der Waals surface area contributed by atoms with Crippen LogP contribution in [0.1, 0.15) is 278 Å². The summed E-state index contributed by atoms with van der Waals surface area (Å²) in [5.41, 5.74) is 0. The van der Waals surface area contributed by atoms with E-state index in [4.69, 9.17) is 14.2 Å². The molecule has 0 rings (SSSR count). The summed E-state index contributed by atoms with van der Waals surface area (Å²) < 4.78 is 16.8. The molecule has 0 radical (unpaired) electrons. The fourth-order valence-corrected chi connectivity index (χ4v) is 7.87. The van der Waals surface area contributed by atoms with Gasteiger partial charge >= 0.3 is 17.9 Å². The zero-order chi connectivity index (χ0) is 48.6. The number of allylic oxidation sites excluding steroid dienone is 12. The van der Waals surface area contributed by atoms with Crippen molar-refractivity contribution >= 4 is 17.9 Å². The van der Waals surface area contributed by atoms with Crippen molar-refractivity contribution in [3.8, 4) is 0 Å². The Balaban J connectivity index is 4.37. The molecule has 67 heavy (non-hydrogen) atoms. The minimum Gasteiger partial charge on any atom is -0.462 e. The maximum Gasteiger partial charge on any atom is 0.306 e. The van der Waals surface area contributed by atoms with Crippen LogP contribution in [0.4, 0.5) is 0 Å². The van der Waals surface area contributed by atoms with Gasteiger partial charge in [-0.25, -0.2) is 0 Å². The first-order chi connectivity index (χ1) is 33.0. The molecule has 1 atom stereocenters. The van der Waals surface area contributed by atoms with E-state index < -0.39 is 6.10 Å². The van der Waals surface area contributed by atoms with E-state index in [0.717, 1.165) is 89.9 Å². The van der Waals surface area contributed by atoms with Crippen molar-refractivity contribution in [3.05, 3.63) is 72.9 Å². The second-order valence-electron chi connectivity index (χ2n) is 18.8. The predicted octanol–water partition coefficient (Wildman–Crippen LogP) is 19.0. The SMILES string of the molecule is CCCCC/C=C\C/C=C\C/C=C\C/C=C\CCCCCC(=O)OC[C@H](COC(=O)CCCCCCCCCCC/C=C\C/C=C\CCCCC)OC(=O)CCCCCCCCCCCCC. The molecule has 0 aromatic carbocycles. The zero-order valence-corrected chi connectivity index (χ0v) is 44.2. The van der Waals surface area contributed by atoms with Crippen LogP contribution in [0.25, 0.3) is 0 Å². The second-order valence-corrected chi connectivity index (χ2v) is 18.8. The summed E-state index contributed by atoms with van der Waals surface area (Å²) in [4.78, 5) is 38.1. The highest BCUT2D eigenvalue weighted by atomic mass is 16.6. The standard InChI is InChI=1S/C61H106O6/c1-4-7-10-13-16-19-22-24-26-28-30-32-34-36-39-41-44-47-50-53-59(62)65-56-58(67-61(64)55-52-49-46-43-38-21-18-15-12-9-6-3)57-66-60(63)54-51-48-45-42-40-37-35-33-31-29-27-25-23-20-17-14-11-8-5-2/h16-17,19-20,24-27,30,32,36,39,58H,4-15,18,21-23,28-29,31,33-35,37-38,40-57H2,1-3H3/b19-16-,20-17-,26-24-,27-25-,32-30-,39-36-/t58-/m1/s1. The van der Waals surface area contributed by atoms with Crippen molar-refractivity contribution in [1.82, 2.24) is 0 Å². The summed E-state index contributed by atoms with van der Waals surface area (Å²) in [6.45, 7) is 6.56. The number of hydrogen-bond acceptors (Lipinski definition) is 6. The normalized spacial score (nSPS) is 12.6. The third kappa shape index (κ3) is 53.7. The molecule has 0 unspecified atom stereocenters. The summed E-state index contributed by atoms with van der Waals surface area (Å²) in [6.07, 6.45) is 70.3. The summed E-state index contributed by atoms with van der Waals surface area (Å²) in [7, 11) is 0. The molecule has 0 saturated carbocycles. The molecule has 0 aliphatic heterocycles. The van der Waals surface area contributed by atoms with Crippen LogP contribution in [0.3, 0.4) is 0 Å². The van der Waals surface area contributed by atoms with Crippen LogP contribution in [0, 0.1) is 0 Å². The van der Waals surface area contributed by atoms with E-state index >= 15 is 0 Å². The average Bonchev–Trinajstić information content (AvgIpc) is 3.33. The molecule has 0 aliphatic carbocycles. The maximum absolute atomic E-state index is 12.8. The fraction of sp³-hybridized carbons (Fsp3) is 0.754. The van der Waals surface area contributed by atoms with Gasteiger partial charge in [-0.1, -0.05) is 235 Å². The van der Waals surface area contributed by atoms with Crippen molar-refractivity contribution in [2.24, 2.45) is 0 Å². The molecule has 0 aromatic rings. The first-order valence-electron chi connectivity index (χ1n) is 28.4. The Labute approximate surface area is 414 Å². The Hall–Kier alpha value is -3.15. The summed E-state index contributed by atoms with van der Waals surface area (Å²) in [5.74, 6) is -0.915. The van der Waals surface area contributed by atoms with E-state index in [1.54, 1.807) is 0 Å². The first kappa shape index (κ1) is 63.8. The minimum atomic E-state index is -0.788. The number of carbonyl (C=O) groups excluding carboxylic acids is 3. The van der Waals surface area contributed by atoms with Gasteiger partial charge in [0.15, 0.2) is 6.10 Å². The molecule has 0 saturated heterocycles. The molecular weight excluding hydrogens is 829 g/mol. The first-order valence-corrected chi connectivity index (χ1v) is 28.4. The summed E-state index contributed by atoms with van der Waals surface area (Å²) >= 11 is 0. The fourth-order valence-electron chi connectivity index (χ4n) is 7.87. The maximum atomic E-state index is 12.8. The molecule has 6 nitrogen and oxygen atoms in total. The minimum absolute atomic E-state index is 0.0862. The number of rotatable bonds is 51. The lowest BCUT2D eigenvalue weighted by atomic mass is 10.1. The molecule has 0 N–H and O–H groups in total. The second kappa shape index (κ2) is 55.4. The van der Waals surface area contributed by atoms with Gasteiger partial charge in [-0.3, -0.25) is 14.4 Å².